The zero-order valence-electron chi connectivity index (χ0n) is 10.5. The minimum Gasteiger partial charge on any atom is -0.384 e. The maximum atomic E-state index is 12.7. The second-order valence-electron chi connectivity index (χ2n) is 4.41. The molecule has 0 amide bonds. The highest BCUT2D eigenvalue weighted by molar-refractivity contribution is 7.99. The fourth-order valence-corrected chi connectivity index (χ4v) is 2.96. The maximum Gasteiger partial charge on any atom is 0.433 e. The van der Waals surface area contributed by atoms with E-state index in [0.717, 1.165) is 30.7 Å². The van der Waals surface area contributed by atoms with Gasteiger partial charge in [-0.15, -0.1) is 11.8 Å². The van der Waals surface area contributed by atoms with Gasteiger partial charge in [-0.1, -0.05) is 0 Å². The van der Waals surface area contributed by atoms with Crippen molar-refractivity contribution in [3.63, 3.8) is 0 Å². The molecule has 20 heavy (non-hydrogen) atoms. The van der Waals surface area contributed by atoms with Crippen LogP contribution < -0.4 is 5.73 Å². The molecule has 1 aliphatic heterocycles. The maximum absolute atomic E-state index is 12.7. The number of pyridine rings is 1. The number of nitrogen functional groups attached to an aromatic ring is 1. The van der Waals surface area contributed by atoms with Crippen LogP contribution in [0.15, 0.2) is 17.2 Å². The third-order valence-electron chi connectivity index (χ3n) is 2.87. The first-order valence-electron chi connectivity index (χ1n) is 6.05. The fraction of sp³-hybridized carbons (Fsp3) is 0.500. The Kier molecular flexibility index (Phi) is 4.54. The summed E-state index contributed by atoms with van der Waals surface area (Å²) in [5.41, 5.74) is 4.62. The molecule has 0 aromatic carbocycles. The molecule has 0 saturated carbocycles. The zero-order chi connectivity index (χ0) is 14.8. The van der Waals surface area contributed by atoms with Gasteiger partial charge in [-0.25, -0.2) is 4.98 Å². The van der Waals surface area contributed by atoms with Crippen LogP contribution in [0.4, 0.5) is 13.2 Å². The molecule has 2 rings (SSSR count). The van der Waals surface area contributed by atoms with Gasteiger partial charge in [0.2, 0.25) is 0 Å². The van der Waals surface area contributed by atoms with Gasteiger partial charge in [0.1, 0.15) is 16.6 Å². The van der Waals surface area contributed by atoms with Crippen molar-refractivity contribution in [1.29, 1.82) is 5.41 Å². The minimum absolute atomic E-state index is 0.0242. The smallest absolute Gasteiger partial charge is 0.384 e. The topological polar surface area (TPSA) is 72.0 Å². The number of hydrogen-bond acceptors (Lipinski definition) is 4. The molecule has 1 atom stereocenters. The van der Waals surface area contributed by atoms with Gasteiger partial charge in [-0.2, -0.15) is 13.2 Å². The number of halogens is 3. The monoisotopic (exact) mass is 305 g/mol. The number of hydrogen-bond donors (Lipinski definition) is 2. The Morgan fingerprint density at radius 2 is 2.25 bits per heavy atom. The van der Waals surface area contributed by atoms with E-state index in [4.69, 9.17) is 15.9 Å². The van der Waals surface area contributed by atoms with Crippen LogP contribution in [0.25, 0.3) is 0 Å². The van der Waals surface area contributed by atoms with Crippen molar-refractivity contribution < 1.29 is 17.9 Å². The van der Waals surface area contributed by atoms with Crippen molar-refractivity contribution in [2.75, 3.05) is 12.4 Å². The van der Waals surface area contributed by atoms with Crippen molar-refractivity contribution in [2.45, 2.75) is 30.1 Å². The lowest BCUT2D eigenvalue weighted by Crippen LogP contribution is -2.17. The van der Waals surface area contributed by atoms with Gasteiger partial charge in [-0.05, 0) is 25.0 Å². The van der Waals surface area contributed by atoms with E-state index >= 15 is 0 Å². The highest BCUT2D eigenvalue weighted by Gasteiger charge is 2.33. The fourth-order valence-electron chi connectivity index (χ4n) is 1.86. The van der Waals surface area contributed by atoms with Crippen molar-refractivity contribution >= 4 is 17.6 Å². The van der Waals surface area contributed by atoms with Crippen LogP contribution >= 0.6 is 11.8 Å². The number of aromatic nitrogens is 1. The predicted molar refractivity (Wildman–Crippen MR) is 70.0 cm³/mol. The van der Waals surface area contributed by atoms with Crippen LogP contribution in [0, 0.1) is 5.41 Å². The summed E-state index contributed by atoms with van der Waals surface area (Å²) in [5.74, 6) is 0.218. The molecule has 0 radical (unpaired) electrons. The first-order valence-corrected chi connectivity index (χ1v) is 7.03. The molecule has 0 aliphatic carbocycles. The number of amidine groups is 1. The van der Waals surface area contributed by atoms with E-state index < -0.39 is 11.9 Å². The Labute approximate surface area is 118 Å². The summed E-state index contributed by atoms with van der Waals surface area (Å²) in [5, 5.41) is 7.53. The highest BCUT2D eigenvalue weighted by atomic mass is 32.2. The van der Waals surface area contributed by atoms with E-state index in [1.807, 2.05) is 0 Å². The van der Waals surface area contributed by atoms with E-state index in [1.54, 1.807) is 0 Å². The standard InChI is InChI=1S/C12H14F3N3OS/c13-12(14,15)9-4-3-8(10(16)17)11(18-9)20-6-7-2-1-5-19-7/h3-4,7H,1-2,5-6H2,(H3,16,17). The average Bonchev–Trinajstić information content (AvgIpc) is 2.87. The van der Waals surface area contributed by atoms with Crippen molar-refractivity contribution in [2.24, 2.45) is 5.73 Å². The van der Waals surface area contributed by atoms with E-state index in [-0.39, 0.29) is 22.5 Å². The Morgan fingerprint density at radius 1 is 1.50 bits per heavy atom. The number of rotatable bonds is 4. The summed E-state index contributed by atoms with van der Waals surface area (Å²) < 4.78 is 43.4. The molecule has 0 spiro atoms. The highest BCUT2D eigenvalue weighted by Crippen LogP contribution is 2.31. The van der Waals surface area contributed by atoms with E-state index in [0.29, 0.717) is 12.4 Å². The molecule has 1 saturated heterocycles. The number of nitrogens with two attached hydrogens (primary N) is 1. The van der Waals surface area contributed by atoms with Crippen LogP contribution in [0.3, 0.4) is 0 Å². The summed E-state index contributed by atoms with van der Waals surface area (Å²) in [7, 11) is 0. The Bertz CT molecular complexity index is 501. The second kappa shape index (κ2) is 6.01. The lowest BCUT2D eigenvalue weighted by atomic mass is 10.2. The first kappa shape index (κ1) is 15.1. The van der Waals surface area contributed by atoms with Gasteiger partial charge < -0.3 is 10.5 Å². The molecular weight excluding hydrogens is 291 g/mol. The Morgan fingerprint density at radius 3 is 2.80 bits per heavy atom. The SMILES string of the molecule is N=C(N)c1ccc(C(F)(F)F)nc1SCC1CCCO1. The lowest BCUT2D eigenvalue weighted by molar-refractivity contribution is -0.141. The molecule has 1 aromatic rings. The van der Waals surface area contributed by atoms with Crippen molar-refractivity contribution in [3.8, 4) is 0 Å². The van der Waals surface area contributed by atoms with E-state index in [9.17, 15) is 13.2 Å². The molecule has 3 N–H and O–H groups in total. The number of nitrogens with one attached hydrogen (secondary N) is 1. The first-order chi connectivity index (χ1) is 9.38. The number of ether oxygens (including phenoxy) is 1. The Hall–Kier alpha value is -1.28. The third kappa shape index (κ3) is 3.63. The molecule has 1 fully saturated rings. The largest absolute Gasteiger partial charge is 0.433 e. The van der Waals surface area contributed by atoms with Crippen LogP contribution in [0.2, 0.25) is 0 Å². The predicted octanol–water partition coefficient (Wildman–Crippen LogP) is 2.66. The summed E-state index contributed by atoms with van der Waals surface area (Å²) in [4.78, 5) is 3.59. The normalized spacial score (nSPS) is 19.2. The summed E-state index contributed by atoms with van der Waals surface area (Å²) in [6, 6.07) is 2.03. The van der Waals surface area contributed by atoms with Gasteiger partial charge >= 0.3 is 6.18 Å². The number of thioether (sulfide) groups is 1. The van der Waals surface area contributed by atoms with Crippen LogP contribution in [0.5, 0.6) is 0 Å². The molecule has 2 heterocycles. The van der Waals surface area contributed by atoms with Gasteiger partial charge in [0, 0.05) is 17.9 Å². The van der Waals surface area contributed by atoms with Crippen molar-refractivity contribution in [1.82, 2.24) is 4.98 Å². The van der Waals surface area contributed by atoms with Crippen LogP contribution in [-0.2, 0) is 10.9 Å². The van der Waals surface area contributed by atoms with Crippen LogP contribution in [-0.4, -0.2) is 29.3 Å². The quantitative estimate of drug-likeness (QED) is 0.509. The molecule has 1 aliphatic rings. The van der Waals surface area contributed by atoms with Gasteiger partial charge in [-0.3, -0.25) is 5.41 Å². The third-order valence-corrected chi connectivity index (χ3v) is 3.99. The molecule has 110 valence electrons. The average molecular weight is 305 g/mol. The molecule has 4 nitrogen and oxygen atoms in total. The van der Waals surface area contributed by atoms with Crippen LogP contribution in [0.1, 0.15) is 24.1 Å². The molecule has 8 heteroatoms. The summed E-state index contributed by atoms with van der Waals surface area (Å²) in [6.07, 6.45) is -2.63. The van der Waals surface area contributed by atoms with Gasteiger partial charge in [0.05, 0.1) is 6.10 Å². The second-order valence-corrected chi connectivity index (χ2v) is 5.42. The minimum atomic E-state index is -4.51. The van der Waals surface area contributed by atoms with Gasteiger partial charge in [0.25, 0.3) is 0 Å². The zero-order valence-corrected chi connectivity index (χ0v) is 11.4. The number of alkyl halides is 3. The van der Waals surface area contributed by atoms with E-state index in [2.05, 4.69) is 4.98 Å². The lowest BCUT2D eigenvalue weighted by Gasteiger charge is -2.13. The molecule has 1 aromatic heterocycles. The summed E-state index contributed by atoms with van der Waals surface area (Å²) >= 11 is 1.15. The molecule has 0 bridgehead atoms. The van der Waals surface area contributed by atoms with E-state index in [1.165, 1.54) is 6.07 Å². The molecular formula is C12H14F3N3OS. The Balaban J connectivity index is 2.20. The van der Waals surface area contributed by atoms with Gasteiger partial charge in [0.15, 0.2) is 0 Å². The molecule has 1 unspecified atom stereocenters. The van der Waals surface area contributed by atoms with Crippen molar-refractivity contribution in [3.05, 3.63) is 23.4 Å². The number of nitrogens with zero attached hydrogens (tertiary/aromatic N) is 1. The summed E-state index contributed by atoms with van der Waals surface area (Å²) in [6.45, 7) is 0.681.